The van der Waals surface area contributed by atoms with Crippen molar-refractivity contribution in [2.45, 2.75) is 13.5 Å². The second-order valence-corrected chi connectivity index (χ2v) is 4.19. The summed E-state index contributed by atoms with van der Waals surface area (Å²) in [5.74, 6) is -0.231. The van der Waals surface area contributed by atoms with E-state index in [0.29, 0.717) is 16.3 Å². The fourth-order valence-corrected chi connectivity index (χ4v) is 1.93. The first-order chi connectivity index (χ1) is 7.20. The van der Waals surface area contributed by atoms with Crippen LogP contribution in [0.15, 0.2) is 23.6 Å². The van der Waals surface area contributed by atoms with Crippen LogP contribution in [0.1, 0.15) is 10.6 Å². The van der Waals surface area contributed by atoms with Crippen LogP contribution in [0.2, 0.25) is 0 Å². The van der Waals surface area contributed by atoms with Crippen molar-refractivity contribution in [1.82, 2.24) is 4.98 Å². The standard InChI is InChI=1S/C11H10FNOS/c1-7-2-3-8(4-9(7)12)10-6-15-11(5-14)13-10/h2-4,6,14H,5H2,1H3. The molecule has 4 heteroatoms. The van der Waals surface area contributed by atoms with Gasteiger partial charge in [0.2, 0.25) is 0 Å². The highest BCUT2D eigenvalue weighted by molar-refractivity contribution is 7.09. The highest BCUT2D eigenvalue weighted by Crippen LogP contribution is 2.23. The third-order valence-electron chi connectivity index (χ3n) is 2.15. The number of aliphatic hydroxyl groups is 1. The summed E-state index contributed by atoms with van der Waals surface area (Å²) in [5, 5.41) is 11.3. The maximum absolute atomic E-state index is 13.3. The first kappa shape index (κ1) is 10.3. The maximum Gasteiger partial charge on any atom is 0.126 e. The second-order valence-electron chi connectivity index (χ2n) is 3.25. The summed E-state index contributed by atoms with van der Waals surface area (Å²) in [5.41, 5.74) is 2.08. The van der Waals surface area contributed by atoms with Gasteiger partial charge in [0.05, 0.1) is 12.3 Å². The van der Waals surface area contributed by atoms with E-state index in [1.807, 2.05) is 11.4 Å². The molecule has 0 radical (unpaired) electrons. The van der Waals surface area contributed by atoms with E-state index in [9.17, 15) is 4.39 Å². The summed E-state index contributed by atoms with van der Waals surface area (Å²) < 4.78 is 13.3. The Kier molecular flexibility index (Phi) is 2.79. The summed E-state index contributed by atoms with van der Waals surface area (Å²) in [4.78, 5) is 4.17. The Morgan fingerprint density at radius 1 is 1.47 bits per heavy atom. The van der Waals surface area contributed by atoms with Crippen LogP contribution in [0, 0.1) is 12.7 Å². The first-order valence-corrected chi connectivity index (χ1v) is 5.40. The molecule has 1 aromatic heterocycles. The predicted molar refractivity (Wildman–Crippen MR) is 58.2 cm³/mol. The minimum Gasteiger partial charge on any atom is -0.389 e. The van der Waals surface area contributed by atoms with Crippen LogP contribution in [-0.2, 0) is 6.61 Å². The number of aryl methyl sites for hydroxylation is 1. The van der Waals surface area contributed by atoms with Gasteiger partial charge in [-0.3, -0.25) is 0 Å². The third-order valence-corrected chi connectivity index (χ3v) is 2.99. The molecule has 2 nitrogen and oxygen atoms in total. The molecule has 78 valence electrons. The van der Waals surface area contributed by atoms with E-state index in [-0.39, 0.29) is 12.4 Å². The van der Waals surface area contributed by atoms with Crippen LogP contribution in [0.4, 0.5) is 4.39 Å². The molecule has 0 amide bonds. The predicted octanol–water partition coefficient (Wildman–Crippen LogP) is 2.75. The number of nitrogens with zero attached hydrogens (tertiary/aromatic N) is 1. The molecule has 2 rings (SSSR count). The zero-order valence-corrected chi connectivity index (χ0v) is 9.01. The summed E-state index contributed by atoms with van der Waals surface area (Å²) in [7, 11) is 0. The Morgan fingerprint density at radius 2 is 2.27 bits per heavy atom. The summed E-state index contributed by atoms with van der Waals surface area (Å²) in [6, 6.07) is 5.02. The normalized spacial score (nSPS) is 10.6. The van der Waals surface area contributed by atoms with E-state index in [1.165, 1.54) is 17.4 Å². The quantitative estimate of drug-likeness (QED) is 0.849. The van der Waals surface area contributed by atoms with Crippen molar-refractivity contribution in [3.63, 3.8) is 0 Å². The molecule has 1 heterocycles. The molecule has 0 aliphatic rings. The van der Waals surface area contributed by atoms with Crippen LogP contribution in [0.3, 0.4) is 0 Å². The van der Waals surface area contributed by atoms with E-state index in [2.05, 4.69) is 4.98 Å². The fraction of sp³-hybridized carbons (Fsp3) is 0.182. The molecule has 0 spiro atoms. The van der Waals surface area contributed by atoms with Gasteiger partial charge in [-0.05, 0) is 18.6 Å². The molecule has 0 saturated heterocycles. The van der Waals surface area contributed by atoms with Gasteiger partial charge in [-0.25, -0.2) is 9.37 Å². The van der Waals surface area contributed by atoms with Gasteiger partial charge in [0.1, 0.15) is 10.8 Å². The monoisotopic (exact) mass is 223 g/mol. The summed E-state index contributed by atoms with van der Waals surface area (Å²) in [6.45, 7) is 1.65. The zero-order chi connectivity index (χ0) is 10.8. The largest absolute Gasteiger partial charge is 0.389 e. The molecule has 0 bridgehead atoms. The van der Waals surface area contributed by atoms with Crippen LogP contribution in [0.5, 0.6) is 0 Å². The highest BCUT2D eigenvalue weighted by atomic mass is 32.1. The van der Waals surface area contributed by atoms with Crippen LogP contribution >= 0.6 is 11.3 Å². The molecule has 1 aromatic carbocycles. The molecular formula is C11H10FNOS. The molecule has 1 N–H and O–H groups in total. The van der Waals surface area contributed by atoms with Crippen molar-refractivity contribution in [3.05, 3.63) is 40.0 Å². The smallest absolute Gasteiger partial charge is 0.126 e. The van der Waals surface area contributed by atoms with Crippen LogP contribution < -0.4 is 0 Å². The van der Waals surface area contributed by atoms with Gasteiger partial charge in [-0.1, -0.05) is 12.1 Å². The number of benzene rings is 1. The molecule has 2 aromatic rings. The van der Waals surface area contributed by atoms with E-state index in [4.69, 9.17) is 5.11 Å². The Labute approximate surface area is 91.0 Å². The Bertz CT molecular complexity index is 481. The van der Waals surface area contributed by atoms with E-state index < -0.39 is 0 Å². The van der Waals surface area contributed by atoms with Crippen LogP contribution in [0.25, 0.3) is 11.3 Å². The van der Waals surface area contributed by atoms with E-state index >= 15 is 0 Å². The minimum absolute atomic E-state index is 0.0704. The van der Waals surface area contributed by atoms with Gasteiger partial charge < -0.3 is 5.11 Å². The molecule has 0 aliphatic carbocycles. The van der Waals surface area contributed by atoms with Crippen molar-refractivity contribution in [2.75, 3.05) is 0 Å². The topological polar surface area (TPSA) is 33.1 Å². The van der Waals surface area contributed by atoms with Gasteiger partial charge in [0.15, 0.2) is 0 Å². The minimum atomic E-state index is -0.231. The van der Waals surface area contributed by atoms with Crippen molar-refractivity contribution < 1.29 is 9.50 Å². The van der Waals surface area contributed by atoms with Gasteiger partial charge >= 0.3 is 0 Å². The molecular weight excluding hydrogens is 213 g/mol. The van der Waals surface area contributed by atoms with E-state index in [1.54, 1.807) is 13.0 Å². The number of hydrogen-bond acceptors (Lipinski definition) is 3. The second kappa shape index (κ2) is 4.08. The average Bonchev–Trinajstić information content (AvgIpc) is 2.70. The van der Waals surface area contributed by atoms with Gasteiger partial charge in [-0.15, -0.1) is 11.3 Å². The highest BCUT2D eigenvalue weighted by Gasteiger charge is 2.05. The third kappa shape index (κ3) is 2.06. The van der Waals surface area contributed by atoms with Crippen molar-refractivity contribution in [1.29, 1.82) is 0 Å². The van der Waals surface area contributed by atoms with Gasteiger partial charge in [0, 0.05) is 10.9 Å². The first-order valence-electron chi connectivity index (χ1n) is 4.52. The number of thiazole rings is 1. The molecule has 0 atom stereocenters. The van der Waals surface area contributed by atoms with Crippen LogP contribution in [-0.4, -0.2) is 10.1 Å². The van der Waals surface area contributed by atoms with E-state index in [0.717, 1.165) is 5.56 Å². The van der Waals surface area contributed by atoms with Crippen molar-refractivity contribution in [2.24, 2.45) is 0 Å². The van der Waals surface area contributed by atoms with Gasteiger partial charge in [0.25, 0.3) is 0 Å². The number of halogens is 1. The molecule has 0 aliphatic heterocycles. The lowest BCUT2D eigenvalue weighted by Crippen LogP contribution is -1.85. The average molecular weight is 223 g/mol. The lowest BCUT2D eigenvalue weighted by Gasteiger charge is -1.99. The number of aromatic nitrogens is 1. The SMILES string of the molecule is Cc1ccc(-c2csc(CO)n2)cc1F. The number of rotatable bonds is 2. The van der Waals surface area contributed by atoms with Crippen molar-refractivity contribution in [3.8, 4) is 11.3 Å². The number of aliphatic hydroxyl groups excluding tert-OH is 1. The fourth-order valence-electron chi connectivity index (χ4n) is 1.27. The molecule has 0 fully saturated rings. The maximum atomic E-state index is 13.3. The number of hydrogen-bond donors (Lipinski definition) is 1. The lowest BCUT2D eigenvalue weighted by atomic mass is 10.1. The Hall–Kier alpha value is -1.26. The molecule has 15 heavy (non-hydrogen) atoms. The van der Waals surface area contributed by atoms with Gasteiger partial charge in [-0.2, -0.15) is 0 Å². The molecule has 0 saturated carbocycles. The Balaban J connectivity index is 2.40. The lowest BCUT2D eigenvalue weighted by molar-refractivity contribution is 0.281. The zero-order valence-electron chi connectivity index (χ0n) is 8.20. The molecule has 0 unspecified atom stereocenters. The summed E-state index contributed by atoms with van der Waals surface area (Å²) >= 11 is 1.37. The van der Waals surface area contributed by atoms with Crippen molar-refractivity contribution >= 4 is 11.3 Å². The summed E-state index contributed by atoms with van der Waals surface area (Å²) in [6.07, 6.45) is 0. The Morgan fingerprint density at radius 3 is 2.87 bits per heavy atom.